The summed E-state index contributed by atoms with van der Waals surface area (Å²) >= 11 is 0. The second-order valence-corrected chi connectivity index (χ2v) is 3.10. The van der Waals surface area contributed by atoms with Crippen molar-refractivity contribution in [3.05, 3.63) is 0 Å². The highest BCUT2D eigenvalue weighted by atomic mass is 16.5. The van der Waals surface area contributed by atoms with Crippen LogP contribution in [0.25, 0.3) is 0 Å². The highest BCUT2D eigenvalue weighted by molar-refractivity contribution is 4.64. The quantitative estimate of drug-likeness (QED) is 0.602. The van der Waals surface area contributed by atoms with E-state index in [0.717, 1.165) is 19.8 Å². The average molecular weight is 173 g/mol. The summed E-state index contributed by atoms with van der Waals surface area (Å²) in [7, 11) is 0. The Bertz CT molecular complexity index is 85.8. The van der Waals surface area contributed by atoms with Gasteiger partial charge in [-0.15, -0.1) is 0 Å². The van der Waals surface area contributed by atoms with Gasteiger partial charge in [-0.3, -0.25) is 4.90 Å². The minimum absolute atomic E-state index is 0.682. The monoisotopic (exact) mass is 173 g/mol. The molecule has 1 aliphatic rings. The van der Waals surface area contributed by atoms with Crippen molar-refractivity contribution in [2.75, 3.05) is 26.3 Å². The summed E-state index contributed by atoms with van der Waals surface area (Å²) in [6.07, 6.45) is 1.19. The molecule has 0 spiro atoms. The fourth-order valence-electron chi connectivity index (χ4n) is 1.28. The highest BCUT2D eigenvalue weighted by Gasteiger charge is 2.10. The zero-order valence-electron chi connectivity index (χ0n) is 8.97. The van der Waals surface area contributed by atoms with E-state index in [1.165, 1.54) is 13.0 Å². The molecule has 0 bridgehead atoms. The van der Waals surface area contributed by atoms with Crippen LogP contribution >= 0.6 is 0 Å². The van der Waals surface area contributed by atoms with Crippen molar-refractivity contribution in [3.63, 3.8) is 0 Å². The third-order valence-electron chi connectivity index (χ3n) is 1.99. The van der Waals surface area contributed by atoms with Gasteiger partial charge in [0.15, 0.2) is 0 Å². The molecular formula is C10H23NO. The zero-order chi connectivity index (χ0) is 9.40. The van der Waals surface area contributed by atoms with E-state index in [4.69, 9.17) is 4.74 Å². The molecule has 0 atom stereocenters. The van der Waals surface area contributed by atoms with Crippen molar-refractivity contribution in [1.82, 2.24) is 4.90 Å². The molecule has 0 saturated carbocycles. The predicted octanol–water partition coefficient (Wildman–Crippen LogP) is 2.14. The summed E-state index contributed by atoms with van der Waals surface area (Å²) in [5.74, 6) is 0. The van der Waals surface area contributed by atoms with E-state index in [1.807, 2.05) is 13.8 Å². The molecule has 0 aromatic heterocycles. The van der Waals surface area contributed by atoms with Crippen LogP contribution in [0, 0.1) is 0 Å². The average Bonchev–Trinajstić information content (AvgIpc) is 2.35. The smallest absolute Gasteiger partial charge is 0.0593 e. The number of hydrogen-bond acceptors (Lipinski definition) is 2. The van der Waals surface area contributed by atoms with Crippen molar-refractivity contribution < 1.29 is 4.74 Å². The Kier molecular flexibility index (Phi) is 7.51. The van der Waals surface area contributed by atoms with Gasteiger partial charge in [0.05, 0.1) is 6.61 Å². The summed E-state index contributed by atoms with van der Waals surface area (Å²) in [5.41, 5.74) is 0. The molecule has 0 N–H and O–H groups in total. The molecule has 1 rings (SSSR count). The minimum Gasteiger partial charge on any atom is -0.380 e. The zero-order valence-corrected chi connectivity index (χ0v) is 8.97. The first-order valence-electron chi connectivity index (χ1n) is 5.12. The largest absolute Gasteiger partial charge is 0.380 e. The molecule has 0 aromatic carbocycles. The maximum Gasteiger partial charge on any atom is 0.0593 e. The maximum absolute atomic E-state index is 5.33. The van der Waals surface area contributed by atoms with Gasteiger partial charge in [-0.25, -0.2) is 0 Å². The van der Waals surface area contributed by atoms with Crippen LogP contribution in [0.4, 0.5) is 0 Å². The van der Waals surface area contributed by atoms with E-state index in [1.54, 1.807) is 0 Å². The van der Waals surface area contributed by atoms with Crippen LogP contribution in [0.15, 0.2) is 0 Å². The van der Waals surface area contributed by atoms with Crippen molar-refractivity contribution in [2.24, 2.45) is 0 Å². The van der Waals surface area contributed by atoms with Crippen LogP contribution in [0.5, 0.6) is 0 Å². The number of nitrogens with zero attached hydrogens (tertiary/aromatic N) is 1. The van der Waals surface area contributed by atoms with Crippen LogP contribution in [-0.4, -0.2) is 37.2 Å². The van der Waals surface area contributed by atoms with E-state index in [-0.39, 0.29) is 0 Å². The normalized spacial score (nSPS) is 19.8. The van der Waals surface area contributed by atoms with Crippen molar-refractivity contribution in [3.8, 4) is 0 Å². The topological polar surface area (TPSA) is 12.5 Å². The van der Waals surface area contributed by atoms with Gasteiger partial charge in [-0.05, 0) is 20.3 Å². The number of hydrogen-bond donors (Lipinski definition) is 0. The van der Waals surface area contributed by atoms with Gasteiger partial charge in [0.25, 0.3) is 0 Å². The van der Waals surface area contributed by atoms with Gasteiger partial charge in [-0.2, -0.15) is 0 Å². The molecule has 2 nitrogen and oxygen atoms in total. The molecule has 0 aromatic rings. The Hall–Kier alpha value is -0.0800. The van der Waals surface area contributed by atoms with Crippen molar-refractivity contribution >= 4 is 0 Å². The predicted molar refractivity (Wildman–Crippen MR) is 53.5 cm³/mol. The fourth-order valence-corrected chi connectivity index (χ4v) is 1.28. The molecule has 1 aliphatic heterocycles. The van der Waals surface area contributed by atoms with E-state index < -0.39 is 0 Å². The van der Waals surface area contributed by atoms with E-state index in [9.17, 15) is 0 Å². The SMILES string of the molecule is CC.CC(C)N1CCCOCC1. The lowest BCUT2D eigenvalue weighted by Gasteiger charge is -2.23. The van der Waals surface area contributed by atoms with Gasteiger partial charge in [0.2, 0.25) is 0 Å². The first kappa shape index (κ1) is 11.9. The summed E-state index contributed by atoms with van der Waals surface area (Å²) in [6.45, 7) is 12.7. The van der Waals surface area contributed by atoms with Gasteiger partial charge >= 0.3 is 0 Å². The number of ether oxygens (including phenoxy) is 1. The second kappa shape index (κ2) is 7.56. The molecule has 0 radical (unpaired) electrons. The van der Waals surface area contributed by atoms with Crippen molar-refractivity contribution in [1.29, 1.82) is 0 Å². The second-order valence-electron chi connectivity index (χ2n) is 3.10. The number of rotatable bonds is 1. The van der Waals surface area contributed by atoms with Gasteiger partial charge in [0.1, 0.15) is 0 Å². The maximum atomic E-state index is 5.33. The summed E-state index contributed by atoms with van der Waals surface area (Å²) in [4.78, 5) is 2.47. The Balaban J connectivity index is 0.000000561. The van der Waals surface area contributed by atoms with Gasteiger partial charge in [0, 0.05) is 25.7 Å². The molecule has 1 saturated heterocycles. The Labute approximate surface area is 76.9 Å². The van der Waals surface area contributed by atoms with Gasteiger partial charge < -0.3 is 4.74 Å². The first-order valence-corrected chi connectivity index (χ1v) is 5.12. The van der Waals surface area contributed by atoms with Crippen LogP contribution in [0.3, 0.4) is 0 Å². The third kappa shape index (κ3) is 4.73. The standard InChI is InChI=1S/C8H17NO.C2H6/c1-8(2)9-4-3-6-10-7-5-9;1-2/h8H,3-7H2,1-2H3;1-2H3. The molecule has 0 aliphatic carbocycles. The van der Waals surface area contributed by atoms with Crippen LogP contribution in [0.1, 0.15) is 34.1 Å². The summed E-state index contributed by atoms with van der Waals surface area (Å²) < 4.78 is 5.33. The van der Waals surface area contributed by atoms with Crippen molar-refractivity contribution in [2.45, 2.75) is 40.2 Å². The van der Waals surface area contributed by atoms with Crippen LogP contribution < -0.4 is 0 Å². The lowest BCUT2D eigenvalue weighted by atomic mass is 10.3. The first-order chi connectivity index (χ1) is 5.80. The molecule has 2 heteroatoms. The molecular weight excluding hydrogens is 150 g/mol. The van der Waals surface area contributed by atoms with E-state index in [0.29, 0.717) is 6.04 Å². The lowest BCUT2D eigenvalue weighted by molar-refractivity contribution is 0.136. The van der Waals surface area contributed by atoms with Gasteiger partial charge in [-0.1, -0.05) is 13.8 Å². The van der Waals surface area contributed by atoms with Crippen LogP contribution in [0.2, 0.25) is 0 Å². The summed E-state index contributed by atoms with van der Waals surface area (Å²) in [5, 5.41) is 0. The molecule has 1 heterocycles. The van der Waals surface area contributed by atoms with E-state index >= 15 is 0 Å². The highest BCUT2D eigenvalue weighted by Crippen LogP contribution is 2.02. The molecule has 0 amide bonds. The Morgan fingerprint density at radius 2 is 1.75 bits per heavy atom. The molecule has 74 valence electrons. The minimum atomic E-state index is 0.682. The molecule has 12 heavy (non-hydrogen) atoms. The fraction of sp³-hybridized carbons (Fsp3) is 1.00. The third-order valence-corrected chi connectivity index (χ3v) is 1.99. The molecule has 0 unspecified atom stereocenters. The Morgan fingerprint density at radius 1 is 1.08 bits per heavy atom. The molecule has 1 fully saturated rings. The Morgan fingerprint density at radius 3 is 2.33 bits per heavy atom. The van der Waals surface area contributed by atoms with E-state index in [2.05, 4.69) is 18.7 Å². The van der Waals surface area contributed by atoms with Crippen LogP contribution in [-0.2, 0) is 4.74 Å². The summed E-state index contributed by atoms with van der Waals surface area (Å²) in [6, 6.07) is 0.682. The lowest BCUT2D eigenvalue weighted by Crippen LogP contribution is -2.32.